The molecular weight excluding hydrogens is 296 g/mol. The van der Waals surface area contributed by atoms with Crippen molar-refractivity contribution in [3.63, 3.8) is 0 Å². The summed E-state index contributed by atoms with van der Waals surface area (Å²) in [7, 11) is 0. The second-order valence-corrected chi connectivity index (χ2v) is 4.58. The van der Waals surface area contributed by atoms with Crippen molar-refractivity contribution in [1.82, 2.24) is 5.32 Å². The van der Waals surface area contributed by atoms with E-state index in [4.69, 9.17) is 4.74 Å². The van der Waals surface area contributed by atoms with Gasteiger partial charge >= 0.3 is 0 Å². The fourth-order valence-electron chi connectivity index (χ4n) is 1.59. The highest BCUT2D eigenvalue weighted by Crippen LogP contribution is 2.32. The fourth-order valence-corrected chi connectivity index (χ4v) is 1.87. The molecule has 0 radical (unpaired) electrons. The van der Waals surface area contributed by atoms with E-state index < -0.39 is 11.3 Å². The fraction of sp³-hybridized carbons (Fsp3) is 0.364. The highest BCUT2D eigenvalue weighted by molar-refractivity contribution is 9.09. The van der Waals surface area contributed by atoms with Gasteiger partial charge in [-0.3, -0.25) is 4.79 Å². The Hall–Kier alpha value is -1.17. The molecule has 1 aromatic carbocycles. The number of halogens is 3. The molecule has 6 heteroatoms. The van der Waals surface area contributed by atoms with E-state index in [-0.39, 0.29) is 5.91 Å². The van der Waals surface area contributed by atoms with Crippen molar-refractivity contribution < 1.29 is 18.3 Å². The number of fused-ring (bicyclic) bond motifs is 1. The van der Waals surface area contributed by atoms with Crippen LogP contribution < -0.4 is 10.1 Å². The van der Waals surface area contributed by atoms with E-state index in [1.807, 2.05) is 0 Å². The summed E-state index contributed by atoms with van der Waals surface area (Å²) in [5.74, 6) is 0.131. The monoisotopic (exact) mass is 305 g/mol. The Kier molecular flexibility index (Phi) is 3.61. The third-order valence-electron chi connectivity index (χ3n) is 2.43. The topological polar surface area (TPSA) is 38.3 Å². The summed E-state index contributed by atoms with van der Waals surface area (Å²) in [5.41, 5.74) is 0.657. The molecule has 1 aromatic rings. The van der Waals surface area contributed by atoms with Crippen molar-refractivity contribution in [3.05, 3.63) is 29.3 Å². The van der Waals surface area contributed by atoms with E-state index in [9.17, 15) is 13.6 Å². The van der Waals surface area contributed by atoms with E-state index in [2.05, 4.69) is 21.2 Å². The zero-order chi connectivity index (χ0) is 12.4. The maximum absolute atomic E-state index is 12.5. The molecule has 2 rings (SSSR count). The van der Waals surface area contributed by atoms with E-state index in [1.165, 1.54) is 12.1 Å². The third-order valence-corrected chi connectivity index (χ3v) is 3.36. The van der Waals surface area contributed by atoms with Gasteiger partial charge in [0.05, 0.1) is 12.1 Å². The van der Waals surface area contributed by atoms with Crippen LogP contribution in [0.3, 0.4) is 0 Å². The average Bonchev–Trinajstić information content (AvgIpc) is 2.50. The average molecular weight is 306 g/mol. The molecule has 0 aliphatic carbocycles. The van der Waals surface area contributed by atoms with E-state index >= 15 is 0 Å². The molecule has 1 unspecified atom stereocenters. The zero-order valence-corrected chi connectivity index (χ0v) is 10.3. The van der Waals surface area contributed by atoms with Crippen LogP contribution in [-0.2, 0) is 0 Å². The lowest BCUT2D eigenvalue weighted by Crippen LogP contribution is -2.24. The minimum absolute atomic E-state index is 0.296. The standard InChI is InChI=1S/C11H10BrF2NO2/c12-9(10(13)14)6-1-2-8-7(5-6)11(16)15-3-4-17-8/h1-2,5,9-10H,3-4H2,(H,15,16). The second kappa shape index (κ2) is 5.00. The van der Waals surface area contributed by atoms with Crippen molar-refractivity contribution in [2.75, 3.05) is 13.2 Å². The number of amides is 1. The number of rotatable bonds is 2. The lowest BCUT2D eigenvalue weighted by molar-refractivity contribution is 0.0956. The first kappa shape index (κ1) is 12.3. The number of benzene rings is 1. The number of carbonyl (C=O) groups excluding carboxylic acids is 1. The molecule has 1 aliphatic rings. The molecule has 0 saturated heterocycles. The highest BCUT2D eigenvalue weighted by atomic mass is 79.9. The molecule has 0 fully saturated rings. The van der Waals surface area contributed by atoms with E-state index in [1.54, 1.807) is 6.07 Å². The van der Waals surface area contributed by atoms with Crippen LogP contribution >= 0.6 is 15.9 Å². The molecule has 1 N–H and O–H groups in total. The minimum Gasteiger partial charge on any atom is -0.491 e. The van der Waals surface area contributed by atoms with Crippen LogP contribution in [0.5, 0.6) is 5.75 Å². The Morgan fingerprint density at radius 1 is 1.41 bits per heavy atom. The van der Waals surface area contributed by atoms with Gasteiger partial charge in [-0.15, -0.1) is 0 Å². The summed E-state index contributed by atoms with van der Waals surface area (Å²) in [6.45, 7) is 0.792. The van der Waals surface area contributed by atoms with Crippen molar-refractivity contribution in [2.24, 2.45) is 0 Å². The van der Waals surface area contributed by atoms with Gasteiger partial charge in [-0.2, -0.15) is 0 Å². The predicted octanol–water partition coefficient (Wildman–Crippen LogP) is 2.51. The summed E-state index contributed by atoms with van der Waals surface area (Å²) < 4.78 is 30.4. The molecule has 1 heterocycles. The van der Waals surface area contributed by atoms with Gasteiger partial charge in [-0.1, -0.05) is 22.0 Å². The van der Waals surface area contributed by atoms with Crippen molar-refractivity contribution >= 4 is 21.8 Å². The molecule has 92 valence electrons. The van der Waals surface area contributed by atoms with Crippen LogP contribution in [0.1, 0.15) is 20.7 Å². The molecular formula is C11H10BrF2NO2. The first-order valence-corrected chi connectivity index (χ1v) is 5.98. The summed E-state index contributed by atoms with van der Waals surface area (Å²) in [6.07, 6.45) is -2.53. The summed E-state index contributed by atoms with van der Waals surface area (Å²) in [6, 6.07) is 4.51. The minimum atomic E-state index is -2.53. The molecule has 0 saturated carbocycles. The Bertz CT molecular complexity index is 439. The van der Waals surface area contributed by atoms with Gasteiger partial charge in [0, 0.05) is 0 Å². The number of alkyl halides is 3. The molecule has 1 aliphatic heterocycles. The molecule has 17 heavy (non-hydrogen) atoms. The molecule has 3 nitrogen and oxygen atoms in total. The molecule has 1 amide bonds. The van der Waals surface area contributed by atoms with Crippen molar-refractivity contribution in [2.45, 2.75) is 11.3 Å². The molecule has 0 spiro atoms. The number of hydrogen-bond acceptors (Lipinski definition) is 2. The van der Waals surface area contributed by atoms with Gasteiger partial charge in [0.15, 0.2) is 0 Å². The quantitative estimate of drug-likeness (QED) is 0.853. The number of hydrogen-bond donors (Lipinski definition) is 1. The van der Waals surface area contributed by atoms with Gasteiger partial charge in [0.2, 0.25) is 0 Å². The zero-order valence-electron chi connectivity index (χ0n) is 8.75. The Labute approximate surface area is 105 Å². The maximum Gasteiger partial charge on any atom is 0.255 e. The molecule has 0 bridgehead atoms. The van der Waals surface area contributed by atoms with Crippen LogP contribution in [0.2, 0.25) is 0 Å². The van der Waals surface area contributed by atoms with E-state index in [0.29, 0.717) is 30.0 Å². The number of ether oxygens (including phenoxy) is 1. The Morgan fingerprint density at radius 3 is 2.88 bits per heavy atom. The maximum atomic E-state index is 12.5. The van der Waals surface area contributed by atoms with Gasteiger partial charge in [0.1, 0.15) is 17.2 Å². The highest BCUT2D eigenvalue weighted by Gasteiger charge is 2.23. The largest absolute Gasteiger partial charge is 0.491 e. The van der Waals surface area contributed by atoms with Crippen LogP contribution in [0.4, 0.5) is 8.78 Å². The van der Waals surface area contributed by atoms with Gasteiger partial charge in [-0.25, -0.2) is 8.78 Å². The summed E-state index contributed by atoms with van der Waals surface area (Å²) in [5, 5.41) is 2.63. The SMILES string of the molecule is O=C1NCCOc2ccc(C(Br)C(F)F)cc21. The van der Waals surface area contributed by atoms with Gasteiger partial charge in [-0.05, 0) is 17.7 Å². The molecule has 0 aromatic heterocycles. The van der Waals surface area contributed by atoms with Gasteiger partial charge < -0.3 is 10.1 Å². The normalized spacial score (nSPS) is 16.8. The number of carbonyl (C=O) groups is 1. The van der Waals surface area contributed by atoms with Crippen LogP contribution in [0.25, 0.3) is 0 Å². The predicted molar refractivity (Wildman–Crippen MR) is 61.9 cm³/mol. The number of nitrogens with one attached hydrogen (secondary N) is 1. The van der Waals surface area contributed by atoms with Gasteiger partial charge in [0.25, 0.3) is 12.3 Å². The first-order chi connectivity index (χ1) is 8.09. The summed E-state index contributed by atoms with van der Waals surface area (Å²) in [4.78, 5) is 10.6. The van der Waals surface area contributed by atoms with Crippen LogP contribution in [0, 0.1) is 0 Å². The Balaban J connectivity index is 2.38. The third kappa shape index (κ3) is 2.57. The van der Waals surface area contributed by atoms with Crippen molar-refractivity contribution in [3.8, 4) is 5.75 Å². The first-order valence-electron chi connectivity index (χ1n) is 5.07. The smallest absolute Gasteiger partial charge is 0.255 e. The summed E-state index contributed by atoms with van der Waals surface area (Å²) >= 11 is 2.90. The van der Waals surface area contributed by atoms with Crippen molar-refractivity contribution in [1.29, 1.82) is 0 Å². The second-order valence-electron chi connectivity index (χ2n) is 3.60. The van der Waals surface area contributed by atoms with Crippen LogP contribution in [0.15, 0.2) is 18.2 Å². The Morgan fingerprint density at radius 2 is 2.18 bits per heavy atom. The van der Waals surface area contributed by atoms with Crippen LogP contribution in [-0.4, -0.2) is 25.5 Å². The lowest BCUT2D eigenvalue weighted by atomic mass is 10.1. The molecule has 1 atom stereocenters. The van der Waals surface area contributed by atoms with E-state index in [0.717, 1.165) is 0 Å². The lowest BCUT2D eigenvalue weighted by Gasteiger charge is -2.12.